The van der Waals surface area contributed by atoms with Crippen molar-refractivity contribution >= 4 is 24.5 Å². The highest BCUT2D eigenvalue weighted by atomic mass is 32.1. The lowest BCUT2D eigenvalue weighted by molar-refractivity contribution is -0.155. The zero-order valence-electron chi connectivity index (χ0n) is 15.9. The van der Waals surface area contributed by atoms with Gasteiger partial charge in [-0.3, -0.25) is 9.69 Å². The standard InChI is InChI=1S/C13H24N2O3.C3H7NS.2H2O/c1-9(2)11(13(17)18-4)15(3)12(16)10-5-7-14-8-6-10;1-4-2-3(4)5;;/h9-11,14H,5-8H2,1-4H3;3,5H,2H2,1H3;2*1H2/t11-;3-,4?;;/m00../s1. The van der Waals surface area contributed by atoms with Crippen LogP contribution < -0.4 is 5.32 Å². The van der Waals surface area contributed by atoms with Gasteiger partial charge in [-0.05, 0) is 38.9 Å². The predicted molar refractivity (Wildman–Crippen MR) is 102 cm³/mol. The topological polar surface area (TPSA) is 125 Å². The Labute approximate surface area is 156 Å². The molecule has 0 radical (unpaired) electrons. The number of likely N-dealkylation sites (N-methyl/N-ethyl adjacent to an activating group) is 2. The van der Waals surface area contributed by atoms with E-state index in [2.05, 4.69) is 29.9 Å². The third-order valence-electron chi connectivity index (χ3n) is 4.35. The van der Waals surface area contributed by atoms with E-state index in [4.69, 9.17) is 4.74 Å². The van der Waals surface area contributed by atoms with E-state index < -0.39 is 6.04 Å². The molecule has 2 fully saturated rings. The average Bonchev–Trinajstić information content (AvgIpc) is 3.19. The lowest BCUT2D eigenvalue weighted by atomic mass is 9.94. The molecule has 0 saturated carbocycles. The van der Waals surface area contributed by atoms with Gasteiger partial charge in [0, 0.05) is 19.5 Å². The zero-order valence-corrected chi connectivity index (χ0v) is 16.8. The van der Waals surface area contributed by atoms with Crippen LogP contribution in [0.5, 0.6) is 0 Å². The Morgan fingerprint density at radius 1 is 1.24 bits per heavy atom. The second-order valence-corrected chi connectivity index (χ2v) is 7.20. The maximum Gasteiger partial charge on any atom is 0.328 e. The quantitative estimate of drug-likeness (QED) is 0.374. The van der Waals surface area contributed by atoms with Gasteiger partial charge in [0.2, 0.25) is 5.91 Å². The van der Waals surface area contributed by atoms with Crippen molar-refractivity contribution in [3.8, 4) is 0 Å². The smallest absolute Gasteiger partial charge is 0.328 e. The highest BCUT2D eigenvalue weighted by molar-refractivity contribution is 7.81. The number of methoxy groups -OCH3 is 1. The van der Waals surface area contributed by atoms with Crippen LogP contribution in [0.2, 0.25) is 0 Å². The van der Waals surface area contributed by atoms with Crippen LogP contribution in [0.1, 0.15) is 26.7 Å². The maximum atomic E-state index is 12.4. The van der Waals surface area contributed by atoms with Gasteiger partial charge in [0.1, 0.15) is 6.04 Å². The summed E-state index contributed by atoms with van der Waals surface area (Å²) >= 11 is 4.10. The summed E-state index contributed by atoms with van der Waals surface area (Å²) in [5.74, 6) is -0.203. The number of ether oxygens (including phenoxy) is 1. The van der Waals surface area contributed by atoms with Gasteiger partial charge in [-0.1, -0.05) is 13.8 Å². The van der Waals surface area contributed by atoms with Gasteiger partial charge in [0.25, 0.3) is 0 Å². The van der Waals surface area contributed by atoms with E-state index in [1.54, 1.807) is 11.9 Å². The van der Waals surface area contributed by atoms with Crippen LogP contribution in [0.3, 0.4) is 0 Å². The van der Waals surface area contributed by atoms with Crippen LogP contribution in [-0.4, -0.2) is 84.9 Å². The van der Waals surface area contributed by atoms with Crippen molar-refractivity contribution in [2.75, 3.05) is 40.8 Å². The molecule has 2 heterocycles. The summed E-state index contributed by atoms with van der Waals surface area (Å²) in [5.41, 5.74) is 0. The fourth-order valence-corrected chi connectivity index (χ4v) is 2.96. The number of carbonyl (C=O) groups is 2. The molecule has 25 heavy (non-hydrogen) atoms. The first kappa shape index (κ1) is 26.4. The van der Waals surface area contributed by atoms with Crippen molar-refractivity contribution in [1.29, 1.82) is 0 Å². The van der Waals surface area contributed by atoms with E-state index in [-0.39, 0.29) is 34.7 Å². The number of nitrogens with one attached hydrogen (secondary N) is 1. The number of rotatable bonds is 4. The molecular weight excluding hydrogens is 346 g/mol. The minimum absolute atomic E-state index is 0. The van der Waals surface area contributed by atoms with E-state index >= 15 is 0 Å². The first-order valence-corrected chi connectivity index (χ1v) is 8.74. The molecule has 2 saturated heterocycles. The third-order valence-corrected chi connectivity index (χ3v) is 4.91. The normalized spacial score (nSPS) is 23.2. The Balaban J connectivity index is 0. The molecule has 9 heteroatoms. The molecule has 2 aliphatic rings. The lowest BCUT2D eigenvalue weighted by Crippen LogP contribution is -2.49. The fraction of sp³-hybridized carbons (Fsp3) is 0.875. The lowest BCUT2D eigenvalue weighted by Gasteiger charge is -2.33. The zero-order chi connectivity index (χ0) is 17.6. The maximum absolute atomic E-state index is 12.4. The van der Waals surface area contributed by atoms with Crippen molar-refractivity contribution < 1.29 is 25.3 Å². The minimum Gasteiger partial charge on any atom is -0.467 e. The van der Waals surface area contributed by atoms with Crippen LogP contribution >= 0.6 is 12.6 Å². The van der Waals surface area contributed by atoms with E-state index in [1.807, 2.05) is 13.8 Å². The molecule has 0 aromatic rings. The van der Waals surface area contributed by atoms with Gasteiger partial charge in [-0.15, -0.1) is 0 Å². The van der Waals surface area contributed by atoms with Crippen molar-refractivity contribution in [2.45, 2.75) is 38.1 Å². The molecule has 1 unspecified atom stereocenters. The van der Waals surface area contributed by atoms with E-state index in [0.29, 0.717) is 5.37 Å². The van der Waals surface area contributed by atoms with Crippen LogP contribution in [0.25, 0.3) is 0 Å². The molecule has 0 spiro atoms. The highest BCUT2D eigenvalue weighted by Crippen LogP contribution is 2.19. The van der Waals surface area contributed by atoms with Gasteiger partial charge in [-0.25, -0.2) is 4.79 Å². The van der Waals surface area contributed by atoms with Crippen molar-refractivity contribution in [1.82, 2.24) is 15.1 Å². The predicted octanol–water partition coefficient (Wildman–Crippen LogP) is -0.820. The first-order chi connectivity index (χ1) is 10.8. The number of piperidine rings is 1. The molecule has 0 aliphatic carbocycles. The van der Waals surface area contributed by atoms with Gasteiger partial charge < -0.3 is 25.9 Å². The summed E-state index contributed by atoms with van der Waals surface area (Å²) in [7, 11) is 5.12. The Kier molecular flexibility index (Phi) is 13.2. The Morgan fingerprint density at radius 3 is 2.00 bits per heavy atom. The van der Waals surface area contributed by atoms with Crippen LogP contribution in [-0.2, 0) is 14.3 Å². The molecule has 2 aliphatic heterocycles. The van der Waals surface area contributed by atoms with Gasteiger partial charge in [0.15, 0.2) is 0 Å². The molecule has 3 atom stereocenters. The van der Waals surface area contributed by atoms with Gasteiger partial charge >= 0.3 is 5.97 Å². The molecule has 0 aromatic heterocycles. The molecule has 150 valence electrons. The first-order valence-electron chi connectivity index (χ1n) is 8.23. The van der Waals surface area contributed by atoms with Crippen molar-refractivity contribution in [2.24, 2.45) is 11.8 Å². The number of thiol groups is 1. The van der Waals surface area contributed by atoms with E-state index in [9.17, 15) is 9.59 Å². The van der Waals surface area contributed by atoms with Gasteiger partial charge in [-0.2, -0.15) is 12.6 Å². The molecule has 1 amide bonds. The van der Waals surface area contributed by atoms with Gasteiger partial charge in [0.05, 0.1) is 12.5 Å². The van der Waals surface area contributed by atoms with Crippen molar-refractivity contribution in [3.05, 3.63) is 0 Å². The molecule has 8 nitrogen and oxygen atoms in total. The number of hydrogen-bond donors (Lipinski definition) is 2. The van der Waals surface area contributed by atoms with Crippen molar-refractivity contribution in [3.63, 3.8) is 0 Å². The Morgan fingerprint density at radius 2 is 1.68 bits per heavy atom. The second-order valence-electron chi connectivity index (χ2n) is 6.61. The molecular formula is C16H35N3O5S. The molecule has 2 rings (SSSR count). The largest absolute Gasteiger partial charge is 0.467 e. The molecule has 0 aromatic carbocycles. The number of esters is 1. The minimum atomic E-state index is -0.489. The summed E-state index contributed by atoms with van der Waals surface area (Å²) in [6, 6.07) is -0.489. The summed E-state index contributed by atoms with van der Waals surface area (Å²) in [6.07, 6.45) is 1.68. The van der Waals surface area contributed by atoms with Crippen LogP contribution in [0.4, 0.5) is 0 Å². The van der Waals surface area contributed by atoms with E-state index in [0.717, 1.165) is 25.9 Å². The summed E-state index contributed by atoms with van der Waals surface area (Å²) in [4.78, 5) is 27.8. The fourth-order valence-electron chi connectivity index (χ4n) is 2.70. The monoisotopic (exact) mass is 381 g/mol. The van der Waals surface area contributed by atoms with E-state index in [1.165, 1.54) is 13.7 Å². The highest BCUT2D eigenvalue weighted by Gasteiger charge is 2.34. The van der Waals surface area contributed by atoms with Crippen LogP contribution in [0, 0.1) is 11.8 Å². The summed E-state index contributed by atoms with van der Waals surface area (Å²) < 4.78 is 4.79. The number of hydrogen-bond acceptors (Lipinski definition) is 6. The molecule has 0 bridgehead atoms. The summed E-state index contributed by atoms with van der Waals surface area (Å²) in [5, 5.41) is 3.81. The Hall–Kier alpha value is -0.870. The second kappa shape index (κ2) is 12.5. The summed E-state index contributed by atoms with van der Waals surface area (Å²) in [6.45, 7) is 6.76. The average molecular weight is 382 g/mol. The number of amides is 1. The SMILES string of the molecule is CN1C[C@@H]1S.COC(=O)[C@H](C(C)C)N(C)C(=O)C1CCNCC1.O.O. The third kappa shape index (κ3) is 8.37. The number of carbonyl (C=O) groups excluding carboxylic acids is 2. The molecule has 5 N–H and O–H groups in total. The Bertz CT molecular complexity index is 399. The van der Waals surface area contributed by atoms with Crippen LogP contribution in [0.15, 0.2) is 0 Å². The number of nitrogens with zero attached hydrogens (tertiary/aromatic N) is 2.